The number of hydrogen-bond acceptors (Lipinski definition) is 5. The fourth-order valence-corrected chi connectivity index (χ4v) is 2.96. The minimum absolute atomic E-state index is 0.121. The van der Waals surface area contributed by atoms with Crippen molar-refractivity contribution < 1.29 is 4.79 Å². The van der Waals surface area contributed by atoms with Gasteiger partial charge in [0.05, 0.1) is 11.7 Å². The van der Waals surface area contributed by atoms with Crippen molar-refractivity contribution >= 4 is 22.6 Å². The summed E-state index contributed by atoms with van der Waals surface area (Å²) in [5.41, 5.74) is 0.535. The molecule has 0 aromatic carbocycles. The summed E-state index contributed by atoms with van der Waals surface area (Å²) in [6.45, 7) is 9.50. The number of anilines is 1. The zero-order valence-corrected chi connectivity index (χ0v) is 14.8. The number of aromatic nitrogens is 3. The normalized spacial score (nSPS) is 16.4. The molecule has 0 radical (unpaired) electrons. The van der Waals surface area contributed by atoms with Crippen LogP contribution in [0.5, 0.6) is 0 Å². The van der Waals surface area contributed by atoms with Gasteiger partial charge in [-0.2, -0.15) is 0 Å². The predicted molar refractivity (Wildman–Crippen MR) is 94.9 cm³/mol. The van der Waals surface area contributed by atoms with Crippen molar-refractivity contribution in [3.8, 4) is 0 Å². The topological polar surface area (TPSA) is 71.0 Å². The monoisotopic (exact) mass is 327 g/mol. The lowest BCUT2D eigenvalue weighted by atomic mass is 9.94. The number of pyridine rings is 1. The number of rotatable bonds is 2. The van der Waals surface area contributed by atoms with Crippen LogP contribution >= 0.6 is 0 Å². The van der Waals surface area contributed by atoms with Crippen molar-refractivity contribution in [2.45, 2.75) is 46.6 Å². The molecule has 3 rings (SSSR count). The van der Waals surface area contributed by atoms with Gasteiger partial charge in [0, 0.05) is 36.1 Å². The van der Waals surface area contributed by atoms with E-state index in [1.165, 1.54) is 0 Å². The summed E-state index contributed by atoms with van der Waals surface area (Å²) < 4.78 is 0. The van der Waals surface area contributed by atoms with Crippen LogP contribution in [0.4, 0.5) is 5.82 Å². The van der Waals surface area contributed by atoms with E-state index in [0.717, 1.165) is 48.5 Å². The Balaban J connectivity index is 1.73. The number of fused-ring (bicyclic) bond motifs is 1. The van der Waals surface area contributed by atoms with Crippen molar-refractivity contribution in [3.63, 3.8) is 0 Å². The average Bonchev–Trinajstić information content (AvgIpc) is 2.54. The lowest BCUT2D eigenvalue weighted by Crippen LogP contribution is -2.48. The first kappa shape index (κ1) is 16.6. The summed E-state index contributed by atoms with van der Waals surface area (Å²) in [6.07, 6.45) is 5.42. The largest absolute Gasteiger partial charge is 0.356 e. The molecule has 1 N–H and O–H groups in total. The smallest absolute Gasteiger partial charge is 0.225 e. The second-order valence-electron chi connectivity index (χ2n) is 7.47. The first-order valence-corrected chi connectivity index (χ1v) is 8.49. The van der Waals surface area contributed by atoms with E-state index in [4.69, 9.17) is 0 Å². The Bertz CT molecular complexity index is 745. The minimum Gasteiger partial charge on any atom is -0.356 e. The molecule has 1 amide bonds. The molecule has 6 nitrogen and oxygen atoms in total. The van der Waals surface area contributed by atoms with Gasteiger partial charge in [-0.25, -0.2) is 9.97 Å². The van der Waals surface area contributed by atoms with Gasteiger partial charge in [0.1, 0.15) is 11.6 Å². The maximum atomic E-state index is 12.2. The van der Waals surface area contributed by atoms with Crippen LogP contribution < -0.4 is 10.2 Å². The number of nitrogens with zero attached hydrogens (tertiary/aromatic N) is 4. The van der Waals surface area contributed by atoms with Gasteiger partial charge in [-0.05, 0) is 25.8 Å². The molecule has 2 aromatic rings. The third-order valence-electron chi connectivity index (χ3n) is 4.40. The van der Waals surface area contributed by atoms with Gasteiger partial charge < -0.3 is 10.2 Å². The van der Waals surface area contributed by atoms with E-state index in [-0.39, 0.29) is 17.4 Å². The number of aryl methyl sites for hydroxylation is 1. The van der Waals surface area contributed by atoms with Crippen LogP contribution in [0.1, 0.15) is 39.4 Å². The quantitative estimate of drug-likeness (QED) is 0.917. The molecule has 0 saturated carbocycles. The standard InChI is InChI=1S/C18H25N5O/c1-12-20-15-11-19-8-5-14(15)16(21-12)23-9-6-13(7-10-23)22-17(24)18(2,3)4/h5,8,11,13H,6-7,9-10H2,1-4H3,(H,22,24). The van der Waals surface area contributed by atoms with Gasteiger partial charge in [-0.1, -0.05) is 20.8 Å². The lowest BCUT2D eigenvalue weighted by Gasteiger charge is -2.34. The maximum Gasteiger partial charge on any atom is 0.225 e. The van der Waals surface area contributed by atoms with Crippen LogP contribution in [0.25, 0.3) is 10.9 Å². The van der Waals surface area contributed by atoms with E-state index in [0.29, 0.717) is 0 Å². The van der Waals surface area contributed by atoms with Crippen molar-refractivity contribution in [2.75, 3.05) is 18.0 Å². The Morgan fingerprint density at radius 1 is 1.25 bits per heavy atom. The fraction of sp³-hybridized carbons (Fsp3) is 0.556. The molecule has 1 fully saturated rings. The van der Waals surface area contributed by atoms with Gasteiger partial charge in [-0.3, -0.25) is 9.78 Å². The molecule has 3 heterocycles. The average molecular weight is 327 g/mol. The molecular formula is C18H25N5O. The molecule has 24 heavy (non-hydrogen) atoms. The van der Waals surface area contributed by atoms with Gasteiger partial charge in [-0.15, -0.1) is 0 Å². The van der Waals surface area contributed by atoms with E-state index in [2.05, 4.69) is 25.2 Å². The molecule has 128 valence electrons. The highest BCUT2D eigenvalue weighted by Gasteiger charge is 2.27. The summed E-state index contributed by atoms with van der Waals surface area (Å²) in [4.78, 5) is 27.7. The minimum atomic E-state index is -0.343. The Labute approximate surface area is 142 Å². The molecule has 1 saturated heterocycles. The molecule has 0 aliphatic carbocycles. The highest BCUT2D eigenvalue weighted by atomic mass is 16.2. The molecule has 6 heteroatoms. The van der Waals surface area contributed by atoms with Gasteiger partial charge in [0.25, 0.3) is 0 Å². The van der Waals surface area contributed by atoms with Crippen LogP contribution in [0.15, 0.2) is 18.5 Å². The second kappa shape index (κ2) is 6.34. The first-order chi connectivity index (χ1) is 11.3. The van der Waals surface area contributed by atoms with Gasteiger partial charge in [0.15, 0.2) is 0 Å². The van der Waals surface area contributed by atoms with Crippen molar-refractivity contribution in [3.05, 3.63) is 24.3 Å². The molecule has 0 atom stereocenters. The number of amides is 1. The highest BCUT2D eigenvalue weighted by Crippen LogP contribution is 2.26. The van der Waals surface area contributed by atoms with Crippen LogP contribution in [-0.4, -0.2) is 40.0 Å². The van der Waals surface area contributed by atoms with Gasteiger partial charge in [0.2, 0.25) is 5.91 Å². The number of carbonyl (C=O) groups excluding carboxylic acids is 1. The third-order valence-corrected chi connectivity index (χ3v) is 4.40. The highest BCUT2D eigenvalue weighted by molar-refractivity contribution is 5.88. The van der Waals surface area contributed by atoms with Crippen LogP contribution in [0, 0.1) is 12.3 Å². The summed E-state index contributed by atoms with van der Waals surface area (Å²) in [7, 11) is 0. The summed E-state index contributed by atoms with van der Waals surface area (Å²) in [5, 5.41) is 4.21. The van der Waals surface area contributed by atoms with Crippen LogP contribution in [-0.2, 0) is 4.79 Å². The van der Waals surface area contributed by atoms with Crippen molar-refractivity contribution in [1.82, 2.24) is 20.3 Å². The fourth-order valence-electron chi connectivity index (χ4n) is 2.96. The van der Waals surface area contributed by atoms with E-state index in [1.807, 2.05) is 33.8 Å². The molecule has 0 unspecified atom stereocenters. The summed E-state index contributed by atoms with van der Waals surface area (Å²) >= 11 is 0. The van der Waals surface area contributed by atoms with Crippen molar-refractivity contribution in [2.24, 2.45) is 5.41 Å². The Morgan fingerprint density at radius 2 is 1.96 bits per heavy atom. The number of hydrogen-bond donors (Lipinski definition) is 1. The zero-order valence-electron chi connectivity index (χ0n) is 14.8. The zero-order chi connectivity index (χ0) is 17.3. The van der Waals surface area contributed by atoms with E-state index in [9.17, 15) is 4.79 Å². The molecule has 2 aromatic heterocycles. The van der Waals surface area contributed by atoms with Crippen LogP contribution in [0.3, 0.4) is 0 Å². The Kier molecular flexibility index (Phi) is 4.39. The van der Waals surface area contributed by atoms with E-state index < -0.39 is 0 Å². The number of carbonyl (C=O) groups is 1. The molecule has 1 aliphatic heterocycles. The second-order valence-corrected chi connectivity index (χ2v) is 7.47. The third kappa shape index (κ3) is 3.47. The van der Waals surface area contributed by atoms with Crippen LogP contribution in [0.2, 0.25) is 0 Å². The van der Waals surface area contributed by atoms with E-state index >= 15 is 0 Å². The summed E-state index contributed by atoms with van der Waals surface area (Å²) in [5.74, 6) is 1.85. The maximum absolute atomic E-state index is 12.2. The van der Waals surface area contributed by atoms with Crippen molar-refractivity contribution in [1.29, 1.82) is 0 Å². The summed E-state index contributed by atoms with van der Waals surface area (Å²) in [6, 6.07) is 2.21. The molecular weight excluding hydrogens is 302 g/mol. The SMILES string of the molecule is Cc1nc(N2CCC(NC(=O)C(C)(C)C)CC2)c2ccncc2n1. The lowest BCUT2D eigenvalue weighted by molar-refractivity contribution is -0.129. The van der Waals surface area contributed by atoms with E-state index in [1.54, 1.807) is 12.4 Å². The number of piperidine rings is 1. The predicted octanol–water partition coefficient (Wildman–Crippen LogP) is 2.46. The number of nitrogens with one attached hydrogen (secondary N) is 1. The first-order valence-electron chi connectivity index (χ1n) is 8.49. The molecule has 0 spiro atoms. The Morgan fingerprint density at radius 3 is 2.62 bits per heavy atom. The Hall–Kier alpha value is -2.24. The molecule has 1 aliphatic rings. The molecule has 0 bridgehead atoms. The van der Waals surface area contributed by atoms with Gasteiger partial charge >= 0.3 is 0 Å².